The van der Waals surface area contributed by atoms with Gasteiger partial charge in [0.25, 0.3) is 0 Å². The Balaban J connectivity index is 1.35. The van der Waals surface area contributed by atoms with E-state index in [4.69, 9.17) is 5.26 Å². The maximum absolute atomic E-state index is 9.13. The molecule has 1 aromatic heterocycles. The van der Waals surface area contributed by atoms with E-state index in [1.54, 1.807) is 6.20 Å². The maximum atomic E-state index is 9.13. The number of rotatable bonds is 3. The molecule has 0 spiro atoms. The number of hydrogen-bond acceptors (Lipinski definition) is 2. The van der Waals surface area contributed by atoms with Crippen LogP contribution in [0, 0.1) is 57.7 Å². The summed E-state index contributed by atoms with van der Waals surface area (Å²) in [6, 6.07) is 2.22. The molecule has 1 aromatic rings. The third-order valence-corrected chi connectivity index (χ3v) is 10.7. The number of allylic oxidation sites excluding steroid dienone is 2. The zero-order chi connectivity index (χ0) is 21.8. The molecule has 1 unspecified atom stereocenters. The van der Waals surface area contributed by atoms with Crippen molar-refractivity contribution in [2.75, 3.05) is 0 Å². The monoisotopic (exact) mass is 419 g/mol. The molecule has 8 atom stereocenters. The van der Waals surface area contributed by atoms with Crippen molar-refractivity contribution in [1.29, 1.82) is 5.26 Å². The SMILES string of the molecule is C[C@@H]1CCC2=CC[C@@H]3[C@H](CC[C@]4(C)C([C@H](C)Cn5cc(C#N)cn5)CC[C@@H]34)[C@@]2(C)CC1. The fourth-order valence-corrected chi connectivity index (χ4v) is 8.90. The summed E-state index contributed by atoms with van der Waals surface area (Å²) in [5, 5.41) is 13.6. The van der Waals surface area contributed by atoms with Crippen molar-refractivity contribution in [3.63, 3.8) is 0 Å². The van der Waals surface area contributed by atoms with Gasteiger partial charge < -0.3 is 0 Å². The molecule has 31 heavy (non-hydrogen) atoms. The van der Waals surface area contributed by atoms with Gasteiger partial charge in [0.05, 0.1) is 11.8 Å². The molecule has 3 fully saturated rings. The second-order valence-electron chi connectivity index (χ2n) is 12.2. The van der Waals surface area contributed by atoms with Crippen LogP contribution in [0.25, 0.3) is 0 Å². The lowest BCUT2D eigenvalue weighted by atomic mass is 9.48. The van der Waals surface area contributed by atoms with Crippen LogP contribution < -0.4 is 0 Å². The molecular formula is C28H41N3. The lowest BCUT2D eigenvalue weighted by Gasteiger charge is -2.57. The molecule has 1 heterocycles. The van der Waals surface area contributed by atoms with Crippen LogP contribution in [0.3, 0.4) is 0 Å². The molecule has 3 nitrogen and oxygen atoms in total. The average molecular weight is 420 g/mol. The highest BCUT2D eigenvalue weighted by Crippen LogP contribution is 2.67. The molecule has 0 bridgehead atoms. The zero-order valence-corrected chi connectivity index (χ0v) is 20.1. The third-order valence-electron chi connectivity index (χ3n) is 10.7. The molecule has 168 valence electrons. The fraction of sp³-hybridized carbons (Fsp3) is 0.786. The highest BCUT2D eigenvalue weighted by Gasteiger charge is 2.58. The summed E-state index contributed by atoms with van der Waals surface area (Å²) in [5.41, 5.74) is 3.46. The highest BCUT2D eigenvalue weighted by molar-refractivity contribution is 5.24. The Hall–Kier alpha value is -1.56. The lowest BCUT2D eigenvalue weighted by Crippen LogP contribution is -2.49. The van der Waals surface area contributed by atoms with Gasteiger partial charge in [-0.1, -0.05) is 39.3 Å². The first-order valence-electron chi connectivity index (χ1n) is 13.0. The molecule has 4 aliphatic carbocycles. The summed E-state index contributed by atoms with van der Waals surface area (Å²) in [4.78, 5) is 0. The maximum Gasteiger partial charge on any atom is 0.102 e. The van der Waals surface area contributed by atoms with Crippen molar-refractivity contribution in [2.24, 2.45) is 46.3 Å². The number of aromatic nitrogens is 2. The summed E-state index contributed by atoms with van der Waals surface area (Å²) >= 11 is 0. The van der Waals surface area contributed by atoms with E-state index in [9.17, 15) is 0 Å². The van der Waals surface area contributed by atoms with Gasteiger partial charge in [0.2, 0.25) is 0 Å². The number of fused-ring (bicyclic) bond motifs is 5. The second-order valence-corrected chi connectivity index (χ2v) is 12.2. The standard InChI is InChI=1S/C28H41N3/c1-19-5-6-22-7-8-23-25-10-9-24(20(2)17-31-18-21(15-29)16-30-31)28(25,4)14-12-26(23)27(22,3)13-11-19/h7,16,18-20,23-26H,5-6,8-14,17H2,1-4H3/t19-,20-,23+,24?,25+,26+,27+,28-/m1/s1. The molecule has 0 saturated heterocycles. The van der Waals surface area contributed by atoms with Crippen molar-refractivity contribution in [3.05, 3.63) is 29.6 Å². The largest absolute Gasteiger partial charge is 0.271 e. The van der Waals surface area contributed by atoms with E-state index in [1.807, 2.05) is 16.5 Å². The van der Waals surface area contributed by atoms with Crippen molar-refractivity contribution < 1.29 is 0 Å². The van der Waals surface area contributed by atoms with Crippen molar-refractivity contribution in [1.82, 2.24) is 9.78 Å². The Morgan fingerprint density at radius 1 is 1.16 bits per heavy atom. The molecule has 0 radical (unpaired) electrons. The molecule has 5 rings (SSSR count). The first-order valence-corrected chi connectivity index (χ1v) is 13.0. The van der Waals surface area contributed by atoms with E-state index in [1.165, 1.54) is 57.8 Å². The molecular weight excluding hydrogens is 378 g/mol. The molecule has 3 saturated carbocycles. The van der Waals surface area contributed by atoms with Crippen LogP contribution in [0.15, 0.2) is 24.0 Å². The van der Waals surface area contributed by atoms with Crippen LogP contribution in [0.5, 0.6) is 0 Å². The van der Waals surface area contributed by atoms with Gasteiger partial charge in [0.15, 0.2) is 0 Å². The van der Waals surface area contributed by atoms with Crippen LogP contribution in [0.1, 0.15) is 91.0 Å². The zero-order valence-electron chi connectivity index (χ0n) is 20.1. The minimum absolute atomic E-state index is 0.474. The Morgan fingerprint density at radius 2 is 2.00 bits per heavy atom. The second kappa shape index (κ2) is 7.79. The summed E-state index contributed by atoms with van der Waals surface area (Å²) in [7, 11) is 0. The molecule has 0 amide bonds. The highest BCUT2D eigenvalue weighted by atomic mass is 15.3. The lowest BCUT2D eigenvalue weighted by molar-refractivity contribution is -0.0469. The smallest absolute Gasteiger partial charge is 0.102 e. The van der Waals surface area contributed by atoms with Gasteiger partial charge in [0, 0.05) is 12.7 Å². The third kappa shape index (κ3) is 3.40. The van der Waals surface area contributed by atoms with Gasteiger partial charge >= 0.3 is 0 Å². The minimum atomic E-state index is 0.474. The van der Waals surface area contributed by atoms with E-state index >= 15 is 0 Å². The van der Waals surface area contributed by atoms with Gasteiger partial charge in [-0.25, -0.2) is 0 Å². The van der Waals surface area contributed by atoms with E-state index in [-0.39, 0.29) is 0 Å². The summed E-state index contributed by atoms with van der Waals surface area (Å²) in [6.45, 7) is 11.1. The summed E-state index contributed by atoms with van der Waals surface area (Å²) in [6.07, 6.45) is 18.9. The molecule has 0 aliphatic heterocycles. The minimum Gasteiger partial charge on any atom is -0.271 e. The topological polar surface area (TPSA) is 41.6 Å². The Bertz CT molecular complexity index is 890. The van der Waals surface area contributed by atoms with Crippen LogP contribution >= 0.6 is 0 Å². The van der Waals surface area contributed by atoms with Gasteiger partial charge in [0.1, 0.15) is 6.07 Å². The van der Waals surface area contributed by atoms with E-state index in [0.717, 1.165) is 36.1 Å². The first kappa shape index (κ1) is 21.3. The molecule has 0 N–H and O–H groups in total. The Morgan fingerprint density at radius 3 is 2.77 bits per heavy atom. The van der Waals surface area contributed by atoms with Crippen molar-refractivity contribution >= 4 is 0 Å². The average Bonchev–Trinajstić information content (AvgIpc) is 3.31. The van der Waals surface area contributed by atoms with Crippen LogP contribution in [0.2, 0.25) is 0 Å². The van der Waals surface area contributed by atoms with E-state index < -0.39 is 0 Å². The van der Waals surface area contributed by atoms with Crippen molar-refractivity contribution in [2.45, 2.75) is 92.0 Å². The molecule has 3 heteroatoms. The van der Waals surface area contributed by atoms with Gasteiger partial charge in [-0.3, -0.25) is 4.68 Å². The quantitative estimate of drug-likeness (QED) is 0.495. The summed E-state index contributed by atoms with van der Waals surface area (Å²) in [5.74, 6) is 4.99. The van der Waals surface area contributed by atoms with Crippen LogP contribution in [0.4, 0.5) is 0 Å². The predicted octanol–water partition coefficient (Wildman–Crippen LogP) is 7.00. The van der Waals surface area contributed by atoms with Gasteiger partial charge in [-0.15, -0.1) is 0 Å². The molecule has 0 aromatic carbocycles. The van der Waals surface area contributed by atoms with Crippen molar-refractivity contribution in [3.8, 4) is 6.07 Å². The normalized spacial score (nSPS) is 43.1. The van der Waals surface area contributed by atoms with E-state index in [2.05, 4.69) is 44.9 Å². The van der Waals surface area contributed by atoms with Gasteiger partial charge in [-0.05, 0) is 104 Å². The fourth-order valence-electron chi connectivity index (χ4n) is 8.90. The van der Waals surface area contributed by atoms with E-state index in [0.29, 0.717) is 22.3 Å². The van der Waals surface area contributed by atoms with Gasteiger partial charge in [-0.2, -0.15) is 10.4 Å². The number of nitriles is 1. The predicted molar refractivity (Wildman–Crippen MR) is 125 cm³/mol. The Kier molecular flexibility index (Phi) is 5.35. The first-order chi connectivity index (χ1) is 14.8. The van der Waals surface area contributed by atoms with Crippen LogP contribution in [-0.4, -0.2) is 9.78 Å². The molecule has 4 aliphatic rings. The number of nitrogens with zero attached hydrogens (tertiary/aromatic N) is 3. The van der Waals surface area contributed by atoms with Crippen LogP contribution in [-0.2, 0) is 6.54 Å². The number of hydrogen-bond donors (Lipinski definition) is 0. The summed E-state index contributed by atoms with van der Waals surface area (Å²) < 4.78 is 2.01. The Labute approximate surface area is 189 Å².